The third kappa shape index (κ3) is 4.93. The molecule has 154 valence electrons. The Morgan fingerprint density at radius 2 is 1.69 bits per heavy atom. The molecule has 4 nitrogen and oxygen atoms in total. The van der Waals surface area contributed by atoms with E-state index in [1.54, 1.807) is 7.05 Å². The maximum Gasteiger partial charge on any atom is 0.191 e. The Morgan fingerprint density at radius 3 is 2.34 bits per heavy atom. The van der Waals surface area contributed by atoms with Crippen LogP contribution in [0.3, 0.4) is 0 Å². The van der Waals surface area contributed by atoms with E-state index in [0.717, 1.165) is 38.4 Å². The minimum absolute atomic E-state index is 0.0192. The van der Waals surface area contributed by atoms with Gasteiger partial charge < -0.3 is 10.6 Å². The van der Waals surface area contributed by atoms with Gasteiger partial charge in [0.1, 0.15) is 11.6 Å². The topological polar surface area (TPSA) is 39.7 Å². The molecule has 6 heteroatoms. The second kappa shape index (κ2) is 8.91. The first-order valence-electron chi connectivity index (χ1n) is 10.3. The van der Waals surface area contributed by atoms with E-state index in [-0.39, 0.29) is 17.5 Å². The maximum absolute atomic E-state index is 14.0. The molecule has 2 atom stereocenters. The van der Waals surface area contributed by atoms with Gasteiger partial charge in [0.05, 0.1) is 0 Å². The van der Waals surface area contributed by atoms with Crippen molar-refractivity contribution in [2.75, 3.05) is 20.1 Å². The summed E-state index contributed by atoms with van der Waals surface area (Å²) in [5.41, 5.74) is 1.53. The quantitative estimate of drug-likeness (QED) is 0.597. The van der Waals surface area contributed by atoms with Gasteiger partial charge >= 0.3 is 0 Å². The molecule has 2 N–H and O–H groups in total. The Balaban J connectivity index is 1.25. The minimum atomic E-state index is -0.465. The van der Waals surface area contributed by atoms with Crippen LogP contribution in [-0.4, -0.2) is 43.1 Å². The predicted molar refractivity (Wildman–Crippen MR) is 112 cm³/mol. The number of rotatable bonds is 5. The predicted octanol–water partition coefficient (Wildman–Crippen LogP) is 3.65. The van der Waals surface area contributed by atoms with Crippen molar-refractivity contribution >= 4 is 5.96 Å². The van der Waals surface area contributed by atoms with Gasteiger partial charge in [-0.3, -0.25) is 9.89 Å². The number of benzene rings is 2. The van der Waals surface area contributed by atoms with Crippen LogP contribution in [0.5, 0.6) is 0 Å². The molecular formula is C23H28F2N4. The summed E-state index contributed by atoms with van der Waals surface area (Å²) in [6.45, 7) is 3.06. The molecule has 1 aliphatic carbocycles. The number of nitrogens with zero attached hydrogens (tertiary/aromatic N) is 2. The fourth-order valence-electron chi connectivity index (χ4n) is 4.16. The van der Waals surface area contributed by atoms with Crippen LogP contribution in [0.2, 0.25) is 0 Å². The highest BCUT2D eigenvalue weighted by molar-refractivity contribution is 5.80. The van der Waals surface area contributed by atoms with Gasteiger partial charge in [-0.25, -0.2) is 8.78 Å². The van der Waals surface area contributed by atoms with Gasteiger partial charge in [-0.2, -0.15) is 0 Å². The highest BCUT2D eigenvalue weighted by Gasteiger charge is 2.42. The Kier molecular flexibility index (Phi) is 6.09. The van der Waals surface area contributed by atoms with E-state index in [0.29, 0.717) is 12.5 Å². The summed E-state index contributed by atoms with van der Waals surface area (Å²) in [5, 5.41) is 6.82. The van der Waals surface area contributed by atoms with Gasteiger partial charge in [-0.15, -0.1) is 0 Å². The number of hydrogen-bond donors (Lipinski definition) is 2. The molecule has 0 aromatic heterocycles. The zero-order chi connectivity index (χ0) is 20.2. The molecule has 1 saturated carbocycles. The van der Waals surface area contributed by atoms with Crippen molar-refractivity contribution in [2.24, 2.45) is 4.99 Å². The number of piperidine rings is 1. The molecule has 2 aliphatic rings. The smallest absolute Gasteiger partial charge is 0.191 e. The highest BCUT2D eigenvalue weighted by atomic mass is 19.1. The van der Waals surface area contributed by atoms with E-state index in [1.807, 2.05) is 6.07 Å². The van der Waals surface area contributed by atoms with Crippen molar-refractivity contribution in [1.29, 1.82) is 0 Å². The van der Waals surface area contributed by atoms with E-state index < -0.39 is 11.6 Å². The van der Waals surface area contributed by atoms with Crippen LogP contribution in [0.4, 0.5) is 8.78 Å². The SMILES string of the molecule is CN=C(NC1CCN(Cc2ccccc2)CC1)NC1CC1c1c(F)cccc1F. The molecule has 2 unspecified atom stereocenters. The summed E-state index contributed by atoms with van der Waals surface area (Å²) >= 11 is 0. The van der Waals surface area contributed by atoms with Gasteiger partial charge in [0, 0.05) is 50.2 Å². The third-order valence-electron chi connectivity index (χ3n) is 5.88. The third-order valence-corrected chi connectivity index (χ3v) is 5.88. The lowest BCUT2D eigenvalue weighted by molar-refractivity contribution is 0.198. The van der Waals surface area contributed by atoms with Gasteiger partial charge in [-0.05, 0) is 37.0 Å². The molecule has 0 amide bonds. The Hall–Kier alpha value is -2.47. The second-order valence-electron chi connectivity index (χ2n) is 7.98. The van der Waals surface area contributed by atoms with Crippen LogP contribution in [0.1, 0.15) is 36.3 Å². The van der Waals surface area contributed by atoms with Gasteiger partial charge in [0.15, 0.2) is 5.96 Å². The molecule has 4 rings (SSSR count). The number of likely N-dealkylation sites (tertiary alicyclic amines) is 1. The number of guanidine groups is 1. The summed E-state index contributed by atoms with van der Waals surface area (Å²) in [5.74, 6) is -0.348. The zero-order valence-electron chi connectivity index (χ0n) is 16.7. The standard InChI is InChI=1S/C23H28F2N4/c1-26-23(28-21-14-18(21)22-19(24)8-5-9-20(22)25)27-17-10-12-29(13-11-17)15-16-6-3-2-4-7-16/h2-9,17-18,21H,10-15H2,1H3,(H2,26,27,28). The summed E-state index contributed by atoms with van der Waals surface area (Å²) in [6, 6.07) is 15.0. The fourth-order valence-corrected chi connectivity index (χ4v) is 4.16. The average molecular weight is 399 g/mol. The second-order valence-corrected chi connectivity index (χ2v) is 7.98. The maximum atomic E-state index is 14.0. The highest BCUT2D eigenvalue weighted by Crippen LogP contribution is 2.43. The Morgan fingerprint density at radius 1 is 1.00 bits per heavy atom. The van der Waals surface area contributed by atoms with E-state index in [1.165, 1.54) is 23.8 Å². The summed E-state index contributed by atoms with van der Waals surface area (Å²) < 4.78 is 28.0. The van der Waals surface area contributed by atoms with E-state index in [2.05, 4.69) is 44.8 Å². The molecule has 2 fully saturated rings. The molecule has 2 aromatic carbocycles. The van der Waals surface area contributed by atoms with Crippen LogP contribution < -0.4 is 10.6 Å². The summed E-state index contributed by atoms with van der Waals surface area (Å²) in [7, 11) is 1.74. The molecule has 1 aliphatic heterocycles. The number of aliphatic imine (C=N–C) groups is 1. The van der Waals surface area contributed by atoms with Crippen LogP contribution in [0.15, 0.2) is 53.5 Å². The summed E-state index contributed by atoms with van der Waals surface area (Å²) in [4.78, 5) is 6.79. The van der Waals surface area contributed by atoms with Crippen LogP contribution >= 0.6 is 0 Å². The molecule has 0 spiro atoms. The lowest BCUT2D eigenvalue weighted by Crippen LogP contribution is -2.49. The molecule has 0 radical (unpaired) electrons. The van der Waals surface area contributed by atoms with E-state index in [9.17, 15) is 8.78 Å². The van der Waals surface area contributed by atoms with Crippen molar-refractivity contribution in [3.63, 3.8) is 0 Å². The molecule has 0 bridgehead atoms. The van der Waals surface area contributed by atoms with Gasteiger partial charge in [-0.1, -0.05) is 36.4 Å². The van der Waals surface area contributed by atoms with E-state index in [4.69, 9.17) is 0 Å². The van der Waals surface area contributed by atoms with Crippen LogP contribution in [0, 0.1) is 11.6 Å². The number of nitrogens with one attached hydrogen (secondary N) is 2. The molecular weight excluding hydrogens is 370 g/mol. The van der Waals surface area contributed by atoms with Gasteiger partial charge in [0.25, 0.3) is 0 Å². The average Bonchev–Trinajstić information content (AvgIpc) is 3.48. The molecule has 29 heavy (non-hydrogen) atoms. The Labute approximate surface area is 171 Å². The molecule has 1 saturated heterocycles. The zero-order valence-corrected chi connectivity index (χ0v) is 16.7. The first-order valence-corrected chi connectivity index (χ1v) is 10.3. The van der Waals surface area contributed by atoms with Crippen molar-refractivity contribution in [3.8, 4) is 0 Å². The lowest BCUT2D eigenvalue weighted by atomic mass is 10.0. The van der Waals surface area contributed by atoms with Crippen molar-refractivity contribution in [2.45, 2.75) is 43.8 Å². The lowest BCUT2D eigenvalue weighted by Gasteiger charge is -2.33. The minimum Gasteiger partial charge on any atom is -0.354 e. The number of hydrogen-bond acceptors (Lipinski definition) is 2. The van der Waals surface area contributed by atoms with Crippen LogP contribution in [0.25, 0.3) is 0 Å². The van der Waals surface area contributed by atoms with Crippen molar-refractivity contribution in [1.82, 2.24) is 15.5 Å². The first-order chi connectivity index (χ1) is 14.1. The first kappa shape index (κ1) is 19.8. The van der Waals surface area contributed by atoms with Crippen LogP contribution in [-0.2, 0) is 6.54 Å². The van der Waals surface area contributed by atoms with Gasteiger partial charge in [0.2, 0.25) is 0 Å². The molecule has 1 heterocycles. The monoisotopic (exact) mass is 398 g/mol. The molecule has 2 aromatic rings. The normalized spacial score (nSPS) is 23.1. The van der Waals surface area contributed by atoms with Crippen molar-refractivity contribution < 1.29 is 8.78 Å². The number of halogens is 2. The fraction of sp³-hybridized carbons (Fsp3) is 0.435. The Bertz CT molecular complexity index is 827. The largest absolute Gasteiger partial charge is 0.354 e. The van der Waals surface area contributed by atoms with E-state index >= 15 is 0 Å². The summed E-state index contributed by atoms with van der Waals surface area (Å²) in [6.07, 6.45) is 2.81. The van der Waals surface area contributed by atoms with Crippen molar-refractivity contribution in [3.05, 3.63) is 71.3 Å².